The van der Waals surface area contributed by atoms with Crippen molar-refractivity contribution in [2.24, 2.45) is 0 Å². The molecule has 94 valence electrons. The van der Waals surface area contributed by atoms with Crippen molar-refractivity contribution in [1.29, 1.82) is 0 Å². The number of halogens is 2. The maximum atomic E-state index is 5.89. The van der Waals surface area contributed by atoms with Crippen molar-refractivity contribution in [3.05, 3.63) is 21.8 Å². The number of pyridine rings is 1. The predicted molar refractivity (Wildman–Crippen MR) is 80.1 cm³/mol. The lowest BCUT2D eigenvalue weighted by Crippen LogP contribution is -2.26. The third-order valence-corrected chi connectivity index (χ3v) is 5.10. The van der Waals surface area contributed by atoms with Gasteiger partial charge in [-0.1, -0.05) is 24.9 Å². The molecule has 5 heteroatoms. The zero-order chi connectivity index (χ0) is 12.3. The first kappa shape index (κ1) is 13.5. The second kappa shape index (κ2) is 6.30. The summed E-state index contributed by atoms with van der Waals surface area (Å²) in [6.45, 7) is 2.22. The molecule has 1 saturated carbocycles. The van der Waals surface area contributed by atoms with E-state index in [0.717, 1.165) is 10.3 Å². The Morgan fingerprint density at radius 1 is 1.59 bits per heavy atom. The molecule has 2 nitrogen and oxygen atoms in total. The Morgan fingerprint density at radius 3 is 3.12 bits per heavy atom. The first-order valence-corrected chi connectivity index (χ1v) is 8.12. The highest BCUT2D eigenvalue weighted by molar-refractivity contribution is 9.10. The summed E-state index contributed by atoms with van der Waals surface area (Å²) >= 11 is 11.4. The number of rotatable bonds is 4. The van der Waals surface area contributed by atoms with E-state index in [0.29, 0.717) is 16.3 Å². The van der Waals surface area contributed by atoms with Gasteiger partial charge in [0, 0.05) is 17.5 Å². The van der Waals surface area contributed by atoms with Gasteiger partial charge >= 0.3 is 0 Å². The van der Waals surface area contributed by atoms with E-state index in [1.54, 1.807) is 6.20 Å². The Hall–Kier alpha value is 0.0700. The normalized spacial score (nSPS) is 23.9. The molecule has 1 aliphatic carbocycles. The highest BCUT2D eigenvalue weighted by Crippen LogP contribution is 2.33. The first-order chi connectivity index (χ1) is 8.20. The van der Waals surface area contributed by atoms with Gasteiger partial charge in [0.1, 0.15) is 5.82 Å². The molecule has 2 rings (SSSR count). The van der Waals surface area contributed by atoms with Crippen LogP contribution < -0.4 is 5.32 Å². The van der Waals surface area contributed by atoms with Crippen LogP contribution in [-0.2, 0) is 0 Å². The lowest BCUT2D eigenvalue weighted by atomic mass is 10.2. The van der Waals surface area contributed by atoms with Crippen molar-refractivity contribution in [3.63, 3.8) is 0 Å². The fraction of sp³-hybridized carbons (Fsp3) is 0.583. The summed E-state index contributed by atoms with van der Waals surface area (Å²) in [4.78, 5) is 4.34. The van der Waals surface area contributed by atoms with Crippen LogP contribution in [0.3, 0.4) is 0 Å². The van der Waals surface area contributed by atoms with Crippen molar-refractivity contribution < 1.29 is 0 Å². The van der Waals surface area contributed by atoms with Crippen LogP contribution in [0.1, 0.15) is 26.2 Å². The second-order valence-corrected chi connectivity index (χ2v) is 6.97. The smallest absolute Gasteiger partial charge is 0.140 e. The molecule has 0 aromatic carbocycles. The third-order valence-electron chi connectivity index (χ3n) is 2.96. The van der Waals surface area contributed by atoms with E-state index in [2.05, 4.69) is 33.2 Å². The van der Waals surface area contributed by atoms with Crippen LogP contribution in [0.5, 0.6) is 0 Å². The molecular weight excluding hydrogens is 320 g/mol. The quantitative estimate of drug-likeness (QED) is 0.871. The van der Waals surface area contributed by atoms with Gasteiger partial charge in [0.05, 0.1) is 9.50 Å². The molecule has 1 heterocycles. The summed E-state index contributed by atoms with van der Waals surface area (Å²) in [5.74, 6) is 2.08. The zero-order valence-electron chi connectivity index (χ0n) is 9.75. The van der Waals surface area contributed by atoms with Crippen LogP contribution in [0.25, 0.3) is 0 Å². The van der Waals surface area contributed by atoms with Crippen LogP contribution in [-0.4, -0.2) is 22.0 Å². The van der Waals surface area contributed by atoms with E-state index in [9.17, 15) is 0 Å². The number of nitrogens with zero attached hydrogens (tertiary/aromatic N) is 1. The first-order valence-electron chi connectivity index (χ1n) is 5.90. The summed E-state index contributed by atoms with van der Waals surface area (Å²) in [6.07, 6.45) is 5.53. The number of hydrogen-bond donors (Lipinski definition) is 1. The molecule has 1 fully saturated rings. The molecule has 17 heavy (non-hydrogen) atoms. The average molecular weight is 336 g/mol. The van der Waals surface area contributed by atoms with Crippen molar-refractivity contribution in [2.75, 3.05) is 11.1 Å². The van der Waals surface area contributed by atoms with Gasteiger partial charge in [0.2, 0.25) is 0 Å². The molecule has 2 unspecified atom stereocenters. The fourth-order valence-electron chi connectivity index (χ4n) is 2.20. The van der Waals surface area contributed by atoms with Gasteiger partial charge in [-0.2, -0.15) is 11.8 Å². The molecule has 0 spiro atoms. The van der Waals surface area contributed by atoms with Gasteiger partial charge in [-0.05, 0) is 40.6 Å². The third kappa shape index (κ3) is 3.52. The molecule has 0 saturated heterocycles. The zero-order valence-corrected chi connectivity index (χ0v) is 12.9. The van der Waals surface area contributed by atoms with E-state index in [1.165, 1.54) is 25.0 Å². The molecule has 0 radical (unpaired) electrons. The minimum atomic E-state index is 0.532. The lowest BCUT2D eigenvalue weighted by Gasteiger charge is -2.21. The summed E-state index contributed by atoms with van der Waals surface area (Å²) in [7, 11) is 0. The maximum absolute atomic E-state index is 5.89. The van der Waals surface area contributed by atoms with Crippen LogP contribution in [0.15, 0.2) is 16.7 Å². The van der Waals surface area contributed by atoms with Gasteiger partial charge in [-0.25, -0.2) is 4.98 Å². The fourth-order valence-corrected chi connectivity index (χ4v) is 4.15. The number of anilines is 1. The molecule has 1 aromatic rings. The second-order valence-electron chi connectivity index (χ2n) is 4.16. The summed E-state index contributed by atoms with van der Waals surface area (Å²) < 4.78 is 0.942. The number of hydrogen-bond acceptors (Lipinski definition) is 3. The van der Waals surface area contributed by atoms with Crippen LogP contribution >= 0.6 is 39.3 Å². The standard InChI is InChI=1S/C12H16BrClN2S/c1-2-17-11-5-3-4-10(11)16-12-9(13)6-8(14)7-15-12/h6-7,10-11H,2-5H2,1H3,(H,15,16). The Kier molecular flexibility index (Phi) is 5.00. The minimum absolute atomic E-state index is 0.532. The maximum Gasteiger partial charge on any atom is 0.140 e. The highest BCUT2D eigenvalue weighted by atomic mass is 79.9. The van der Waals surface area contributed by atoms with Crippen molar-refractivity contribution in [1.82, 2.24) is 4.98 Å². The van der Waals surface area contributed by atoms with Crippen molar-refractivity contribution in [2.45, 2.75) is 37.5 Å². The molecule has 0 bridgehead atoms. The molecule has 2 atom stereocenters. The Morgan fingerprint density at radius 2 is 2.41 bits per heavy atom. The van der Waals surface area contributed by atoms with Crippen molar-refractivity contribution in [3.8, 4) is 0 Å². The topological polar surface area (TPSA) is 24.9 Å². The molecular formula is C12H16BrClN2S. The summed E-state index contributed by atoms with van der Waals surface area (Å²) in [5.41, 5.74) is 0. The van der Waals surface area contributed by atoms with E-state index in [-0.39, 0.29) is 0 Å². The Balaban J connectivity index is 2.04. The van der Waals surface area contributed by atoms with E-state index >= 15 is 0 Å². The molecule has 1 aromatic heterocycles. The van der Waals surface area contributed by atoms with Gasteiger partial charge < -0.3 is 5.32 Å². The molecule has 1 N–H and O–H groups in total. The van der Waals surface area contributed by atoms with Crippen LogP contribution in [0, 0.1) is 0 Å². The summed E-state index contributed by atoms with van der Waals surface area (Å²) in [5, 5.41) is 4.91. The molecule has 1 aliphatic rings. The predicted octanol–water partition coefficient (Wildman–Crippen LogP) is 4.58. The number of thioether (sulfide) groups is 1. The van der Waals surface area contributed by atoms with E-state index < -0.39 is 0 Å². The van der Waals surface area contributed by atoms with Gasteiger partial charge in [-0.3, -0.25) is 0 Å². The van der Waals surface area contributed by atoms with Gasteiger partial charge in [-0.15, -0.1) is 0 Å². The SMILES string of the molecule is CCSC1CCCC1Nc1ncc(Cl)cc1Br. The van der Waals surface area contributed by atoms with Crippen LogP contribution in [0.4, 0.5) is 5.82 Å². The van der Waals surface area contributed by atoms with Gasteiger partial charge in [0.15, 0.2) is 0 Å². The molecule has 0 amide bonds. The Bertz CT molecular complexity index is 389. The minimum Gasteiger partial charge on any atom is -0.365 e. The highest BCUT2D eigenvalue weighted by Gasteiger charge is 2.27. The average Bonchev–Trinajstić information content (AvgIpc) is 2.71. The Labute approximate surface area is 120 Å². The van der Waals surface area contributed by atoms with Crippen LogP contribution in [0.2, 0.25) is 5.02 Å². The monoisotopic (exact) mass is 334 g/mol. The van der Waals surface area contributed by atoms with Gasteiger partial charge in [0.25, 0.3) is 0 Å². The largest absolute Gasteiger partial charge is 0.365 e. The van der Waals surface area contributed by atoms with E-state index in [1.807, 2.05) is 17.8 Å². The molecule has 0 aliphatic heterocycles. The van der Waals surface area contributed by atoms with Crippen molar-refractivity contribution >= 4 is 45.1 Å². The number of aromatic nitrogens is 1. The van der Waals surface area contributed by atoms with E-state index in [4.69, 9.17) is 11.6 Å². The number of nitrogens with one attached hydrogen (secondary N) is 1. The summed E-state index contributed by atoms with van der Waals surface area (Å²) in [6, 6.07) is 2.42. The lowest BCUT2D eigenvalue weighted by molar-refractivity contribution is 0.762.